The molecule has 1 aromatic heterocycles. The fraction of sp³-hybridized carbons (Fsp3) is 0. The molecule has 0 fully saturated rings. The summed E-state index contributed by atoms with van der Waals surface area (Å²) in [7, 11) is -4.39. The minimum absolute atomic E-state index is 0.228. The second-order valence-electron chi connectivity index (χ2n) is 4.59. The van der Waals surface area contributed by atoms with Gasteiger partial charge in [0.1, 0.15) is 5.69 Å². The Kier molecular flexibility index (Phi) is 3.19. The van der Waals surface area contributed by atoms with Gasteiger partial charge in [0.05, 0.1) is 4.90 Å². The van der Waals surface area contributed by atoms with Crippen LogP contribution in [0.4, 0.5) is 0 Å². The number of carbonyl (C=O) groups excluding carboxylic acids is 1. The van der Waals surface area contributed by atoms with Gasteiger partial charge in [-0.15, -0.1) is 0 Å². The number of carboxylic acid groups (broad SMARTS) is 1. The van der Waals surface area contributed by atoms with E-state index in [9.17, 15) is 18.3 Å². The fourth-order valence-electron chi connectivity index (χ4n) is 2.25. The van der Waals surface area contributed by atoms with Crippen LogP contribution in [0.5, 0.6) is 0 Å². The summed E-state index contributed by atoms with van der Waals surface area (Å²) in [6, 6.07) is 12.3. The molecule has 0 radical (unpaired) electrons. The summed E-state index contributed by atoms with van der Waals surface area (Å²) in [5.74, 6) is -1.66. The lowest BCUT2D eigenvalue weighted by Gasteiger charge is -2.02. The summed E-state index contributed by atoms with van der Waals surface area (Å²) < 4.78 is 33.0. The van der Waals surface area contributed by atoms with E-state index in [1.165, 1.54) is 22.8 Å². The Labute approximate surface area is 125 Å². The number of para-hydroxylation sites is 1. The van der Waals surface area contributed by atoms with Crippen LogP contribution in [0.2, 0.25) is 0 Å². The number of aromatic carboxylic acids is 1. The number of carboxylic acids is 1. The minimum Gasteiger partial charge on any atom is -0.538 e. The Morgan fingerprint density at radius 3 is 2.41 bits per heavy atom. The average molecular weight is 318 g/mol. The molecule has 1 heterocycles. The molecule has 2 N–H and O–H groups in total. The van der Waals surface area contributed by atoms with Crippen molar-refractivity contribution in [3.05, 3.63) is 54.4 Å². The fourth-order valence-corrected chi connectivity index (χ4v) is 2.75. The lowest BCUT2D eigenvalue weighted by atomic mass is 10.3. The molecule has 7 nitrogen and oxygen atoms in total. The Bertz CT molecular complexity index is 977. The highest BCUT2D eigenvalue weighted by molar-refractivity contribution is 7.85. The van der Waals surface area contributed by atoms with Gasteiger partial charge in [0.2, 0.25) is 0 Å². The van der Waals surface area contributed by atoms with E-state index in [0.717, 1.165) is 0 Å². The first-order valence-electron chi connectivity index (χ1n) is 6.20. The van der Waals surface area contributed by atoms with Gasteiger partial charge in [-0.25, -0.2) is 4.98 Å². The first kappa shape index (κ1) is 14.2. The molecule has 0 aliphatic heterocycles. The number of aromatic nitrogens is 2. The van der Waals surface area contributed by atoms with Crippen LogP contribution in [0.25, 0.3) is 16.7 Å². The molecule has 0 bridgehead atoms. The maximum atomic E-state index is 11.3. The van der Waals surface area contributed by atoms with Crippen LogP contribution in [0, 0.1) is 0 Å². The van der Waals surface area contributed by atoms with E-state index in [0.29, 0.717) is 16.7 Å². The van der Waals surface area contributed by atoms with Crippen molar-refractivity contribution in [1.82, 2.24) is 4.98 Å². The van der Waals surface area contributed by atoms with Gasteiger partial charge in [-0.05, 0) is 24.3 Å². The maximum absolute atomic E-state index is 11.3. The van der Waals surface area contributed by atoms with Crippen LogP contribution in [-0.4, -0.2) is 23.9 Å². The number of H-pyrrole nitrogens is 1. The molecule has 22 heavy (non-hydrogen) atoms. The van der Waals surface area contributed by atoms with Crippen LogP contribution < -0.4 is 9.67 Å². The van der Waals surface area contributed by atoms with Gasteiger partial charge in [-0.2, -0.15) is 13.0 Å². The number of carbonyl (C=O) groups is 1. The van der Waals surface area contributed by atoms with Crippen molar-refractivity contribution < 1.29 is 27.4 Å². The van der Waals surface area contributed by atoms with E-state index in [1.54, 1.807) is 30.3 Å². The predicted octanol–water partition coefficient (Wildman–Crippen LogP) is 0.0548. The second-order valence-corrected chi connectivity index (χ2v) is 6.01. The van der Waals surface area contributed by atoms with Crippen LogP contribution in [0.3, 0.4) is 0 Å². The normalized spacial score (nSPS) is 11.7. The molecule has 0 unspecified atom stereocenters. The summed E-state index contributed by atoms with van der Waals surface area (Å²) in [5, 5.41) is 11.3. The Hall–Kier alpha value is -2.71. The van der Waals surface area contributed by atoms with E-state index in [-0.39, 0.29) is 10.7 Å². The summed E-state index contributed by atoms with van der Waals surface area (Å²) >= 11 is 0. The number of aromatic amines is 1. The molecule has 8 heteroatoms. The molecule has 0 aliphatic carbocycles. The van der Waals surface area contributed by atoms with Crippen LogP contribution in [0.15, 0.2) is 53.4 Å². The van der Waals surface area contributed by atoms with Crippen LogP contribution in [-0.2, 0) is 10.1 Å². The molecule has 112 valence electrons. The zero-order valence-electron chi connectivity index (χ0n) is 11.1. The van der Waals surface area contributed by atoms with Crippen molar-refractivity contribution in [3.63, 3.8) is 0 Å². The zero-order valence-corrected chi connectivity index (χ0v) is 11.9. The van der Waals surface area contributed by atoms with Crippen LogP contribution >= 0.6 is 0 Å². The van der Waals surface area contributed by atoms with Crippen molar-refractivity contribution in [2.24, 2.45) is 0 Å². The van der Waals surface area contributed by atoms with E-state index < -0.39 is 16.1 Å². The van der Waals surface area contributed by atoms with Gasteiger partial charge in [0, 0.05) is 6.07 Å². The predicted molar refractivity (Wildman–Crippen MR) is 74.0 cm³/mol. The summed E-state index contributed by atoms with van der Waals surface area (Å²) in [5.41, 5.74) is 1.21. The van der Waals surface area contributed by atoms with Crippen molar-refractivity contribution in [2.45, 2.75) is 4.90 Å². The number of rotatable bonds is 3. The Balaban J connectivity index is 2.40. The monoisotopic (exact) mass is 318 g/mol. The third-order valence-corrected chi connectivity index (χ3v) is 4.04. The Morgan fingerprint density at radius 1 is 1.14 bits per heavy atom. The first-order valence-corrected chi connectivity index (χ1v) is 7.64. The highest BCUT2D eigenvalue weighted by Crippen LogP contribution is 2.18. The standard InChI is InChI=1S/C14H10N2O5S/c17-14(18)13-15-11-7-6-10(22(19,20)21)8-12(11)16(13)9-4-2-1-3-5-9/h1-8H,(H2,17,18,19,20,21). The number of hydrogen-bond donors (Lipinski definition) is 2. The molecular weight excluding hydrogens is 308 g/mol. The van der Waals surface area contributed by atoms with Gasteiger partial charge >= 0.3 is 5.82 Å². The molecule has 0 saturated heterocycles. The van der Waals surface area contributed by atoms with Crippen LogP contribution in [0.1, 0.15) is 10.6 Å². The lowest BCUT2D eigenvalue weighted by molar-refractivity contribution is -0.573. The second kappa shape index (κ2) is 4.93. The number of benzene rings is 2. The van der Waals surface area contributed by atoms with Gasteiger partial charge in [0.15, 0.2) is 17.0 Å². The van der Waals surface area contributed by atoms with Gasteiger partial charge in [-0.3, -0.25) is 4.55 Å². The molecular formula is C14H10N2O5S. The Morgan fingerprint density at radius 2 is 1.82 bits per heavy atom. The smallest absolute Gasteiger partial charge is 0.308 e. The minimum atomic E-state index is -4.39. The first-order chi connectivity index (χ1) is 10.4. The van der Waals surface area contributed by atoms with E-state index in [4.69, 9.17) is 4.55 Å². The van der Waals surface area contributed by atoms with Crippen molar-refractivity contribution in [3.8, 4) is 5.69 Å². The van der Waals surface area contributed by atoms with E-state index in [2.05, 4.69) is 4.98 Å². The molecule has 3 rings (SSSR count). The number of nitrogens with zero attached hydrogens (tertiary/aromatic N) is 1. The number of nitrogens with one attached hydrogen (secondary N) is 1. The topological polar surface area (TPSA) is 114 Å². The quantitative estimate of drug-likeness (QED) is 0.523. The highest BCUT2D eigenvalue weighted by atomic mass is 32.2. The molecule has 0 aliphatic rings. The number of imidazole rings is 1. The number of hydrogen-bond acceptors (Lipinski definition) is 4. The molecule has 0 spiro atoms. The van der Waals surface area contributed by atoms with Gasteiger partial charge < -0.3 is 9.90 Å². The highest BCUT2D eigenvalue weighted by Gasteiger charge is 2.23. The van der Waals surface area contributed by atoms with Crippen molar-refractivity contribution >= 4 is 27.1 Å². The number of fused-ring (bicyclic) bond motifs is 1. The maximum Gasteiger partial charge on any atom is 0.308 e. The summed E-state index contributed by atoms with van der Waals surface area (Å²) in [6.07, 6.45) is 0. The third-order valence-electron chi connectivity index (χ3n) is 3.19. The zero-order chi connectivity index (χ0) is 15.9. The molecule has 0 saturated carbocycles. The molecule has 2 aromatic carbocycles. The van der Waals surface area contributed by atoms with Crippen molar-refractivity contribution in [1.29, 1.82) is 0 Å². The van der Waals surface area contributed by atoms with Crippen molar-refractivity contribution in [2.75, 3.05) is 0 Å². The van der Waals surface area contributed by atoms with Gasteiger partial charge in [0.25, 0.3) is 10.1 Å². The van der Waals surface area contributed by atoms with E-state index >= 15 is 0 Å². The lowest BCUT2D eigenvalue weighted by Crippen LogP contribution is -2.41. The van der Waals surface area contributed by atoms with Gasteiger partial charge in [-0.1, -0.05) is 18.2 Å². The SMILES string of the molecule is O=C([O-])c1[nH]c2ccc(S(=O)(=O)O)cc2[n+]1-c1ccccc1. The third kappa shape index (κ3) is 2.34. The summed E-state index contributed by atoms with van der Waals surface area (Å²) in [6.45, 7) is 0. The summed E-state index contributed by atoms with van der Waals surface area (Å²) in [4.78, 5) is 13.7. The molecule has 0 atom stereocenters. The molecule has 3 aromatic rings. The van der Waals surface area contributed by atoms with E-state index in [1.807, 2.05) is 0 Å². The molecule has 0 amide bonds. The largest absolute Gasteiger partial charge is 0.538 e. The average Bonchev–Trinajstić information content (AvgIpc) is 2.86.